The van der Waals surface area contributed by atoms with Crippen LogP contribution in [0.3, 0.4) is 0 Å². The van der Waals surface area contributed by atoms with Crippen molar-refractivity contribution in [1.82, 2.24) is 0 Å². The van der Waals surface area contributed by atoms with Gasteiger partial charge >= 0.3 is 18.1 Å². The summed E-state index contributed by atoms with van der Waals surface area (Å²) in [7, 11) is 0. The normalized spacial score (nSPS) is 12.0. The number of hydrogen-bond donors (Lipinski definition) is 2. The molecule has 25 heavy (non-hydrogen) atoms. The minimum atomic E-state index is -4.66. The van der Waals surface area contributed by atoms with E-state index in [9.17, 15) is 22.8 Å². The van der Waals surface area contributed by atoms with E-state index in [2.05, 4.69) is 0 Å². The Morgan fingerprint density at radius 2 is 1.12 bits per heavy atom. The molecule has 0 bridgehead atoms. The maximum atomic E-state index is 14.0. The third kappa shape index (κ3) is 3.22. The van der Waals surface area contributed by atoms with Gasteiger partial charge in [0.15, 0.2) is 0 Å². The first-order valence-electron chi connectivity index (χ1n) is 7.38. The second kappa shape index (κ2) is 6.58. The summed E-state index contributed by atoms with van der Waals surface area (Å²) >= 11 is 0. The first-order chi connectivity index (χ1) is 11.6. The second-order valence-corrected chi connectivity index (χ2v) is 5.52. The van der Waals surface area contributed by atoms with Gasteiger partial charge in [-0.1, -0.05) is 31.2 Å². The van der Waals surface area contributed by atoms with E-state index in [0.29, 0.717) is 0 Å². The number of rotatable bonds is 5. The molecular formula is C18H15F3O4. The summed E-state index contributed by atoms with van der Waals surface area (Å²) in [5.74, 6) is -2.46. The Labute approximate surface area is 141 Å². The molecule has 0 aliphatic rings. The van der Waals surface area contributed by atoms with E-state index in [1.807, 2.05) is 0 Å². The van der Waals surface area contributed by atoms with Gasteiger partial charge in [-0.25, -0.2) is 9.59 Å². The van der Waals surface area contributed by atoms with Crippen LogP contribution in [-0.2, 0) is 5.41 Å². The second-order valence-electron chi connectivity index (χ2n) is 5.52. The van der Waals surface area contributed by atoms with Gasteiger partial charge in [0.05, 0.1) is 11.1 Å². The topological polar surface area (TPSA) is 74.6 Å². The van der Waals surface area contributed by atoms with Crippen LogP contribution in [0.5, 0.6) is 0 Å². The first kappa shape index (κ1) is 18.5. The Morgan fingerprint density at radius 1 is 0.800 bits per heavy atom. The molecule has 132 valence electrons. The van der Waals surface area contributed by atoms with Crippen LogP contribution in [-0.4, -0.2) is 28.3 Å². The molecule has 0 spiro atoms. The number of carboxylic acid groups (broad SMARTS) is 2. The zero-order chi connectivity index (χ0) is 18.8. The number of carboxylic acids is 2. The van der Waals surface area contributed by atoms with Crippen LogP contribution in [0, 0.1) is 0 Å². The molecule has 0 saturated carbocycles. The fourth-order valence-electron chi connectivity index (χ4n) is 2.90. The zero-order valence-electron chi connectivity index (χ0n) is 13.2. The Hall–Kier alpha value is -2.83. The van der Waals surface area contributed by atoms with Crippen molar-refractivity contribution < 1.29 is 33.0 Å². The quantitative estimate of drug-likeness (QED) is 0.839. The number of benzene rings is 2. The van der Waals surface area contributed by atoms with E-state index in [0.717, 1.165) is 48.5 Å². The van der Waals surface area contributed by atoms with Gasteiger partial charge in [0.25, 0.3) is 0 Å². The zero-order valence-corrected chi connectivity index (χ0v) is 13.2. The average Bonchev–Trinajstić information content (AvgIpc) is 2.55. The highest BCUT2D eigenvalue weighted by molar-refractivity contribution is 5.88. The van der Waals surface area contributed by atoms with Gasteiger partial charge in [0, 0.05) is 0 Å². The lowest BCUT2D eigenvalue weighted by Gasteiger charge is -2.36. The van der Waals surface area contributed by atoms with E-state index in [1.54, 1.807) is 0 Å². The molecule has 0 radical (unpaired) electrons. The van der Waals surface area contributed by atoms with E-state index < -0.39 is 23.5 Å². The van der Waals surface area contributed by atoms with Gasteiger partial charge in [0.2, 0.25) is 0 Å². The fraction of sp³-hybridized carbons (Fsp3) is 0.222. The van der Waals surface area contributed by atoms with E-state index in [1.165, 1.54) is 6.92 Å². The number of aromatic carboxylic acids is 2. The molecule has 7 heteroatoms. The van der Waals surface area contributed by atoms with Gasteiger partial charge in [0.1, 0.15) is 5.41 Å². The lowest BCUT2D eigenvalue weighted by molar-refractivity contribution is -0.179. The van der Waals surface area contributed by atoms with Crippen LogP contribution in [0.15, 0.2) is 48.5 Å². The predicted octanol–water partition coefficient (Wildman–Crippen LogP) is 4.34. The van der Waals surface area contributed by atoms with Crippen LogP contribution < -0.4 is 0 Å². The first-order valence-corrected chi connectivity index (χ1v) is 7.38. The minimum absolute atomic E-state index is 0.101. The third-order valence-electron chi connectivity index (χ3n) is 4.26. The summed E-state index contributed by atoms with van der Waals surface area (Å²) in [6.07, 6.45) is -4.98. The molecule has 0 amide bonds. The van der Waals surface area contributed by atoms with Crippen molar-refractivity contribution >= 4 is 11.9 Å². The minimum Gasteiger partial charge on any atom is -0.478 e. The van der Waals surface area contributed by atoms with Crippen LogP contribution >= 0.6 is 0 Å². The largest absolute Gasteiger partial charge is 0.478 e. The van der Waals surface area contributed by atoms with Gasteiger partial charge in [-0.15, -0.1) is 0 Å². The molecule has 0 aliphatic carbocycles. The molecule has 2 rings (SSSR count). The van der Waals surface area contributed by atoms with E-state index in [4.69, 9.17) is 10.2 Å². The Balaban J connectivity index is 2.65. The Bertz CT molecular complexity index is 720. The van der Waals surface area contributed by atoms with E-state index >= 15 is 0 Å². The highest BCUT2D eigenvalue weighted by Gasteiger charge is 2.55. The van der Waals surface area contributed by atoms with Crippen LogP contribution in [0.4, 0.5) is 13.2 Å². The maximum absolute atomic E-state index is 14.0. The highest BCUT2D eigenvalue weighted by atomic mass is 19.4. The van der Waals surface area contributed by atoms with Crippen LogP contribution in [0.2, 0.25) is 0 Å². The fourth-order valence-corrected chi connectivity index (χ4v) is 2.90. The summed E-state index contributed by atoms with van der Waals surface area (Å²) in [5, 5.41) is 17.8. The molecule has 2 aromatic rings. The molecule has 0 aromatic heterocycles. The summed E-state index contributed by atoms with van der Waals surface area (Å²) in [4.78, 5) is 21.8. The molecule has 0 fully saturated rings. The van der Waals surface area contributed by atoms with Crippen LogP contribution in [0.25, 0.3) is 0 Å². The Kier molecular flexibility index (Phi) is 4.87. The lowest BCUT2D eigenvalue weighted by atomic mass is 9.71. The number of halogens is 3. The molecule has 0 saturated heterocycles. The molecule has 0 unspecified atom stereocenters. The molecule has 0 heterocycles. The van der Waals surface area contributed by atoms with Crippen molar-refractivity contribution in [2.24, 2.45) is 0 Å². The molecule has 0 aliphatic heterocycles. The summed E-state index contributed by atoms with van der Waals surface area (Å²) in [6.45, 7) is 1.38. The number of alkyl halides is 3. The van der Waals surface area contributed by atoms with Crippen molar-refractivity contribution in [3.05, 3.63) is 70.8 Å². The number of carbonyl (C=O) groups is 2. The van der Waals surface area contributed by atoms with Gasteiger partial charge in [-0.05, 0) is 41.8 Å². The SMILES string of the molecule is CCC(c1ccc(C(=O)O)cc1)(c1ccc(C(=O)O)cc1)C(F)(F)F. The van der Waals surface area contributed by atoms with Gasteiger partial charge < -0.3 is 10.2 Å². The lowest BCUT2D eigenvalue weighted by Crippen LogP contribution is -2.43. The van der Waals surface area contributed by atoms with Crippen molar-refractivity contribution in [2.75, 3.05) is 0 Å². The molecule has 2 aromatic carbocycles. The molecule has 0 atom stereocenters. The standard InChI is InChI=1S/C18H15F3O4/c1-2-17(18(19,20)21,13-7-3-11(4-8-13)15(22)23)14-9-5-12(6-10-14)16(24)25/h3-10H,2H2,1H3,(H,22,23)(H,24,25). The molecular weight excluding hydrogens is 337 g/mol. The van der Waals surface area contributed by atoms with Crippen molar-refractivity contribution in [3.63, 3.8) is 0 Å². The van der Waals surface area contributed by atoms with Crippen LogP contribution in [0.1, 0.15) is 45.2 Å². The van der Waals surface area contributed by atoms with Gasteiger partial charge in [-0.3, -0.25) is 0 Å². The maximum Gasteiger partial charge on any atom is 0.402 e. The van der Waals surface area contributed by atoms with Gasteiger partial charge in [-0.2, -0.15) is 13.2 Å². The number of hydrogen-bond acceptors (Lipinski definition) is 2. The Morgan fingerprint density at radius 3 is 1.32 bits per heavy atom. The predicted molar refractivity (Wildman–Crippen MR) is 83.9 cm³/mol. The monoisotopic (exact) mass is 352 g/mol. The van der Waals surface area contributed by atoms with Crippen molar-refractivity contribution in [1.29, 1.82) is 0 Å². The molecule has 2 N–H and O–H groups in total. The van der Waals surface area contributed by atoms with E-state index in [-0.39, 0.29) is 28.7 Å². The summed E-state index contributed by atoms with van der Waals surface area (Å²) in [6, 6.07) is 9.08. The third-order valence-corrected chi connectivity index (χ3v) is 4.26. The average molecular weight is 352 g/mol. The van der Waals surface area contributed by atoms with Crippen molar-refractivity contribution in [3.8, 4) is 0 Å². The highest BCUT2D eigenvalue weighted by Crippen LogP contribution is 2.48. The smallest absolute Gasteiger partial charge is 0.402 e. The van der Waals surface area contributed by atoms with Crippen molar-refractivity contribution in [2.45, 2.75) is 24.9 Å². The summed E-state index contributed by atoms with van der Waals surface area (Å²) in [5.41, 5.74) is -2.79. The summed E-state index contributed by atoms with van der Waals surface area (Å²) < 4.78 is 42.1. The molecule has 4 nitrogen and oxygen atoms in total.